The number of imidazole rings is 1. The van der Waals surface area contributed by atoms with E-state index >= 15 is 0 Å². The molecule has 1 aliphatic rings. The number of nitrogens with zero attached hydrogens (tertiary/aromatic N) is 4. The minimum Gasteiger partial charge on any atom is -0.462 e. The molecular weight excluding hydrogens is 510 g/mol. The first kappa shape index (κ1) is 26.9. The largest absolute Gasteiger partial charge is 0.462 e. The number of esters is 1. The van der Waals surface area contributed by atoms with E-state index in [-0.39, 0.29) is 24.6 Å². The van der Waals surface area contributed by atoms with Crippen LogP contribution in [0.1, 0.15) is 33.4 Å². The lowest BCUT2D eigenvalue weighted by Crippen LogP contribution is -2.37. The van der Waals surface area contributed by atoms with Gasteiger partial charge in [0.1, 0.15) is 41.8 Å². The Morgan fingerprint density at radius 1 is 1.30 bits per heavy atom. The molecule has 200 valence electrons. The van der Waals surface area contributed by atoms with Crippen molar-refractivity contribution in [2.24, 2.45) is 0 Å². The van der Waals surface area contributed by atoms with Gasteiger partial charge >= 0.3 is 13.7 Å². The molecule has 37 heavy (non-hydrogen) atoms. The molecular formula is C22H28FN6O7P. The summed E-state index contributed by atoms with van der Waals surface area (Å²) in [5.41, 5.74) is 6.65. The summed E-state index contributed by atoms with van der Waals surface area (Å²) in [6, 6.07) is 3.70. The van der Waals surface area contributed by atoms with Gasteiger partial charge < -0.3 is 24.8 Å². The molecule has 1 aliphatic heterocycles. The molecule has 1 unspecified atom stereocenters. The lowest BCUT2D eigenvalue weighted by molar-refractivity contribution is -0.149. The minimum absolute atomic E-state index is 0.0367. The second-order valence-corrected chi connectivity index (χ2v) is 10.4. The number of carbonyl (C=O) groups excluding carboxylic acids is 1. The molecule has 2 aromatic heterocycles. The highest BCUT2D eigenvalue weighted by atomic mass is 31.2. The van der Waals surface area contributed by atoms with Crippen LogP contribution in [0.25, 0.3) is 11.2 Å². The van der Waals surface area contributed by atoms with E-state index in [4.69, 9.17) is 24.3 Å². The number of rotatable bonds is 10. The summed E-state index contributed by atoms with van der Waals surface area (Å²) in [6.45, 7) is 4.42. The molecule has 4 N–H and O–H groups in total. The number of aromatic nitrogens is 4. The van der Waals surface area contributed by atoms with Crippen molar-refractivity contribution in [1.82, 2.24) is 24.6 Å². The van der Waals surface area contributed by atoms with Crippen LogP contribution >= 0.6 is 7.75 Å². The maximum absolute atomic E-state index is 13.6. The second kappa shape index (κ2) is 11.1. The maximum Gasteiger partial charge on any atom is 0.459 e. The molecule has 13 nitrogen and oxygen atoms in total. The summed E-state index contributed by atoms with van der Waals surface area (Å²) >= 11 is 0. The number of fused-ring (bicyclic) bond motifs is 1. The highest BCUT2D eigenvalue weighted by Crippen LogP contribution is 2.46. The van der Waals surface area contributed by atoms with E-state index in [2.05, 4.69) is 20.0 Å². The van der Waals surface area contributed by atoms with Gasteiger partial charge in [0.25, 0.3) is 0 Å². The van der Waals surface area contributed by atoms with Crippen LogP contribution in [0.4, 0.5) is 10.2 Å². The number of aliphatic hydroxyl groups is 1. The Labute approximate surface area is 211 Å². The standard InChI is InChI=1S/C22H28FN6O7P/c1-12(2)34-22(31)13(3)28-37(32,36-15-6-4-14(23)5-7-15)33-9-17-16(30)8-18(35-17)29-11-27-19-20(24)25-10-26-21(19)29/h4-7,10-13,16-18,30H,8-9H2,1-3H3,(H,28,32)(H2,24,25,26)/t13-,16+,17+,18+,37?/m0/s1. The molecule has 1 saturated heterocycles. The van der Waals surface area contributed by atoms with Crippen LogP contribution in [0.15, 0.2) is 36.9 Å². The highest BCUT2D eigenvalue weighted by Gasteiger charge is 2.40. The normalized spacial score (nSPS) is 22.2. The Kier molecular flexibility index (Phi) is 8.05. The summed E-state index contributed by atoms with van der Waals surface area (Å²) in [7, 11) is -4.23. The van der Waals surface area contributed by atoms with Gasteiger partial charge in [0.2, 0.25) is 0 Å². The van der Waals surface area contributed by atoms with Crippen LogP contribution < -0.4 is 15.3 Å². The molecule has 0 amide bonds. The van der Waals surface area contributed by atoms with Crippen LogP contribution in [0, 0.1) is 5.82 Å². The number of hydrogen-bond acceptors (Lipinski definition) is 11. The van der Waals surface area contributed by atoms with Crippen molar-refractivity contribution < 1.29 is 37.4 Å². The molecule has 15 heteroatoms. The van der Waals surface area contributed by atoms with Gasteiger partial charge in [-0.25, -0.2) is 23.9 Å². The average molecular weight is 538 g/mol. The molecule has 0 saturated carbocycles. The van der Waals surface area contributed by atoms with Crippen LogP contribution in [0.5, 0.6) is 5.75 Å². The molecule has 4 rings (SSSR count). The Morgan fingerprint density at radius 2 is 2.03 bits per heavy atom. The first-order valence-electron chi connectivity index (χ1n) is 11.5. The summed E-state index contributed by atoms with van der Waals surface area (Å²) < 4.78 is 50.7. The zero-order valence-corrected chi connectivity index (χ0v) is 21.2. The molecule has 5 atom stereocenters. The Balaban J connectivity index is 1.47. The van der Waals surface area contributed by atoms with E-state index < -0.39 is 50.1 Å². The zero-order valence-electron chi connectivity index (χ0n) is 20.4. The Morgan fingerprint density at radius 3 is 2.73 bits per heavy atom. The van der Waals surface area contributed by atoms with Gasteiger partial charge in [0.15, 0.2) is 11.5 Å². The summed E-state index contributed by atoms with van der Waals surface area (Å²) in [6.07, 6.45) is -0.0283. The van der Waals surface area contributed by atoms with Gasteiger partial charge in [-0.15, -0.1) is 0 Å². The first-order valence-corrected chi connectivity index (χ1v) is 13.0. The van der Waals surface area contributed by atoms with Crippen molar-refractivity contribution >= 4 is 30.7 Å². The molecule has 1 fully saturated rings. The minimum atomic E-state index is -4.23. The third kappa shape index (κ3) is 6.40. The van der Waals surface area contributed by atoms with Gasteiger partial charge in [-0.2, -0.15) is 5.09 Å². The number of ether oxygens (including phenoxy) is 2. The van der Waals surface area contributed by atoms with Crippen molar-refractivity contribution in [2.45, 2.75) is 57.8 Å². The molecule has 0 radical (unpaired) electrons. The van der Waals surface area contributed by atoms with Crippen molar-refractivity contribution in [2.75, 3.05) is 12.3 Å². The van der Waals surface area contributed by atoms with Gasteiger partial charge in [0.05, 0.1) is 25.1 Å². The van der Waals surface area contributed by atoms with Crippen molar-refractivity contribution in [1.29, 1.82) is 0 Å². The quantitative estimate of drug-likeness (QED) is 0.254. The number of aliphatic hydroxyl groups excluding tert-OH is 1. The predicted octanol–water partition coefficient (Wildman–Crippen LogP) is 2.33. The van der Waals surface area contributed by atoms with Crippen LogP contribution in [0.3, 0.4) is 0 Å². The summed E-state index contributed by atoms with van der Waals surface area (Å²) in [5, 5.41) is 13.1. The van der Waals surface area contributed by atoms with Crippen molar-refractivity contribution in [3.05, 3.63) is 42.7 Å². The van der Waals surface area contributed by atoms with Crippen LogP contribution in [-0.4, -0.2) is 61.6 Å². The molecule has 3 heterocycles. The van der Waals surface area contributed by atoms with E-state index in [9.17, 15) is 18.9 Å². The fourth-order valence-corrected chi connectivity index (χ4v) is 5.14. The topological polar surface area (TPSA) is 173 Å². The molecule has 0 spiro atoms. The third-order valence-electron chi connectivity index (χ3n) is 5.41. The Hall–Kier alpha value is -3.16. The monoisotopic (exact) mass is 538 g/mol. The molecule has 0 bridgehead atoms. The number of halogens is 1. The zero-order chi connectivity index (χ0) is 26.7. The van der Waals surface area contributed by atoms with E-state index in [0.29, 0.717) is 11.2 Å². The maximum atomic E-state index is 13.6. The van der Waals surface area contributed by atoms with Gasteiger partial charge in [-0.3, -0.25) is 13.9 Å². The van der Waals surface area contributed by atoms with Crippen LogP contribution in [0.2, 0.25) is 0 Å². The lowest BCUT2D eigenvalue weighted by atomic mass is 10.2. The fraction of sp³-hybridized carbons (Fsp3) is 0.455. The number of nitrogens with two attached hydrogens (primary N) is 1. The number of nitrogen functional groups attached to an aromatic ring is 1. The molecule has 1 aromatic carbocycles. The lowest BCUT2D eigenvalue weighted by Gasteiger charge is -2.25. The predicted molar refractivity (Wildman–Crippen MR) is 129 cm³/mol. The van der Waals surface area contributed by atoms with Crippen molar-refractivity contribution in [3.63, 3.8) is 0 Å². The third-order valence-corrected chi connectivity index (χ3v) is 7.05. The smallest absolute Gasteiger partial charge is 0.459 e. The van der Waals surface area contributed by atoms with Crippen LogP contribution in [-0.2, 0) is 23.4 Å². The SMILES string of the molecule is CC(C)OC(=O)[C@H](C)NP(=O)(OC[C@H]1O[C@@H](n2cnc3c(N)ncnc32)C[C@H]1O)Oc1ccc(F)cc1. The van der Waals surface area contributed by atoms with E-state index in [1.54, 1.807) is 18.4 Å². The van der Waals surface area contributed by atoms with Gasteiger partial charge in [0, 0.05) is 6.42 Å². The highest BCUT2D eigenvalue weighted by molar-refractivity contribution is 7.52. The molecule has 0 aliphatic carbocycles. The number of carbonyl (C=O) groups is 1. The summed E-state index contributed by atoms with van der Waals surface area (Å²) in [4.78, 5) is 24.6. The van der Waals surface area contributed by atoms with E-state index in [0.717, 1.165) is 12.1 Å². The van der Waals surface area contributed by atoms with Gasteiger partial charge in [-0.05, 0) is 45.0 Å². The van der Waals surface area contributed by atoms with Gasteiger partial charge in [-0.1, -0.05) is 0 Å². The second-order valence-electron chi connectivity index (χ2n) is 8.69. The number of hydrogen-bond donors (Lipinski definition) is 3. The van der Waals surface area contributed by atoms with Crippen molar-refractivity contribution in [3.8, 4) is 5.75 Å². The number of benzene rings is 1. The number of anilines is 1. The Bertz CT molecular complexity index is 1290. The fourth-order valence-electron chi connectivity index (χ4n) is 3.64. The number of nitrogens with one attached hydrogen (secondary N) is 1. The average Bonchev–Trinajstić information content (AvgIpc) is 3.43. The first-order chi connectivity index (χ1) is 17.5. The van der Waals surface area contributed by atoms with E-state index in [1.165, 1.54) is 31.7 Å². The molecule has 3 aromatic rings. The van der Waals surface area contributed by atoms with E-state index in [1.807, 2.05) is 0 Å². The summed E-state index contributed by atoms with van der Waals surface area (Å²) in [5.74, 6) is -0.948.